The molecule has 2 aliphatic rings. The predicted octanol–water partition coefficient (Wildman–Crippen LogP) is 4.83. The van der Waals surface area contributed by atoms with Gasteiger partial charge in [0.15, 0.2) is 0 Å². The summed E-state index contributed by atoms with van der Waals surface area (Å²) in [6, 6.07) is 17.1. The van der Waals surface area contributed by atoms with Gasteiger partial charge in [-0.2, -0.15) is 0 Å². The molecule has 2 aromatic carbocycles. The van der Waals surface area contributed by atoms with Gasteiger partial charge in [0.2, 0.25) is 0 Å². The lowest BCUT2D eigenvalue weighted by Crippen LogP contribution is -2.50. The van der Waals surface area contributed by atoms with Crippen LogP contribution in [0.1, 0.15) is 43.2 Å². The Morgan fingerprint density at radius 1 is 1.03 bits per heavy atom. The van der Waals surface area contributed by atoms with E-state index in [1.54, 1.807) is 0 Å². The molecular weight excluding hydrogens is 454 g/mol. The molecule has 1 aliphatic heterocycles. The Labute approximate surface area is 214 Å². The van der Waals surface area contributed by atoms with E-state index in [2.05, 4.69) is 66.4 Å². The molecule has 1 saturated carbocycles. The molecule has 1 saturated heterocycles. The largest absolute Gasteiger partial charge is 0.481 e. The van der Waals surface area contributed by atoms with Crippen molar-refractivity contribution in [3.63, 3.8) is 0 Å². The monoisotopic (exact) mass is 493 g/mol. The zero-order valence-electron chi connectivity index (χ0n) is 21.2. The highest BCUT2D eigenvalue weighted by Crippen LogP contribution is 2.37. The first-order chi connectivity index (χ1) is 17.5. The van der Waals surface area contributed by atoms with Gasteiger partial charge in [-0.15, -0.1) is 0 Å². The number of aliphatic carboxylic acids is 1. The average Bonchev–Trinajstić information content (AvgIpc) is 3.20. The summed E-state index contributed by atoms with van der Waals surface area (Å²) in [5.74, 6) is -0.555. The molecule has 0 bridgehead atoms. The van der Waals surface area contributed by atoms with Crippen molar-refractivity contribution in [1.29, 1.82) is 0 Å². The predicted molar refractivity (Wildman–Crippen MR) is 141 cm³/mol. The first-order valence-electron chi connectivity index (χ1n) is 13.2. The van der Waals surface area contributed by atoms with Crippen molar-refractivity contribution in [3.05, 3.63) is 71.8 Å². The third kappa shape index (κ3) is 7.26. The average molecular weight is 494 g/mol. The van der Waals surface area contributed by atoms with Crippen LogP contribution in [0.15, 0.2) is 60.7 Å². The van der Waals surface area contributed by atoms with Crippen LogP contribution in [0.5, 0.6) is 0 Å². The number of allylic oxidation sites excluding steroid dienone is 2. The molecule has 0 spiro atoms. The number of carboxylic acid groups (broad SMARTS) is 1. The summed E-state index contributed by atoms with van der Waals surface area (Å²) in [6.07, 6.45) is 6.69. The first kappa shape index (κ1) is 26.6. The van der Waals surface area contributed by atoms with Gasteiger partial charge in [-0.25, -0.2) is 0 Å². The minimum atomic E-state index is -0.772. The van der Waals surface area contributed by atoms with E-state index in [1.165, 1.54) is 16.7 Å². The van der Waals surface area contributed by atoms with Gasteiger partial charge < -0.3 is 19.7 Å². The maximum atomic E-state index is 11.0. The smallest absolute Gasteiger partial charge is 0.303 e. The number of carboxylic acids is 1. The molecular formula is C30H39NO5. The number of aliphatic hydroxyl groups excluding tert-OH is 1. The van der Waals surface area contributed by atoms with Crippen molar-refractivity contribution >= 4 is 5.97 Å². The molecule has 0 unspecified atom stereocenters. The number of benzene rings is 2. The second kappa shape index (κ2) is 13.2. The van der Waals surface area contributed by atoms with Crippen LogP contribution in [0.3, 0.4) is 0 Å². The van der Waals surface area contributed by atoms with Crippen LogP contribution in [0.4, 0.5) is 0 Å². The number of nitrogens with zero attached hydrogens (tertiary/aromatic N) is 1. The molecule has 4 atom stereocenters. The van der Waals surface area contributed by atoms with E-state index in [0.717, 1.165) is 31.5 Å². The number of morpholine rings is 1. The van der Waals surface area contributed by atoms with Crippen molar-refractivity contribution in [2.24, 2.45) is 5.92 Å². The zero-order valence-corrected chi connectivity index (χ0v) is 21.2. The van der Waals surface area contributed by atoms with Gasteiger partial charge in [0, 0.05) is 37.9 Å². The Hall–Kier alpha value is -2.51. The van der Waals surface area contributed by atoms with Crippen LogP contribution in [0.25, 0.3) is 11.1 Å². The van der Waals surface area contributed by atoms with E-state index in [1.807, 2.05) is 6.08 Å². The Bertz CT molecular complexity index is 981. The number of rotatable bonds is 11. The first-order valence-corrected chi connectivity index (χ1v) is 13.2. The number of hydrogen-bond donors (Lipinski definition) is 2. The summed E-state index contributed by atoms with van der Waals surface area (Å²) >= 11 is 0. The molecule has 4 rings (SSSR count). The fourth-order valence-electron chi connectivity index (χ4n) is 5.47. The molecule has 194 valence electrons. The van der Waals surface area contributed by atoms with Crippen LogP contribution >= 0.6 is 0 Å². The molecule has 6 nitrogen and oxygen atoms in total. The molecule has 2 fully saturated rings. The lowest BCUT2D eigenvalue weighted by Gasteiger charge is -2.38. The summed E-state index contributed by atoms with van der Waals surface area (Å²) in [7, 11) is 0. The quantitative estimate of drug-likeness (QED) is 0.437. The standard InChI is InChI=1S/C30H39NO5/c1-22-8-12-24(13-9-22)25-14-10-23(11-15-25)21-36-28-20-27(32)30(31-16-18-35-19-17-31)26(28)6-4-2-3-5-7-29(33)34/h2-3,8-15,26-28,30,32H,4-7,16-21H2,1H3,(H,33,34)/b3-2-/t26-,27+,28-,30-/m0/s1. The van der Waals surface area contributed by atoms with Gasteiger partial charge >= 0.3 is 5.97 Å². The third-order valence-electron chi connectivity index (χ3n) is 7.41. The van der Waals surface area contributed by atoms with E-state index in [9.17, 15) is 9.90 Å². The van der Waals surface area contributed by atoms with E-state index in [-0.39, 0.29) is 24.5 Å². The molecule has 2 N–H and O–H groups in total. The number of aliphatic hydroxyl groups is 1. The molecule has 0 radical (unpaired) electrons. The minimum absolute atomic E-state index is 0.0166. The van der Waals surface area contributed by atoms with Crippen molar-refractivity contribution in [1.82, 2.24) is 4.90 Å². The van der Waals surface area contributed by atoms with Gasteiger partial charge in [0.25, 0.3) is 0 Å². The molecule has 1 aliphatic carbocycles. The van der Waals surface area contributed by atoms with E-state index >= 15 is 0 Å². The van der Waals surface area contributed by atoms with Crippen molar-refractivity contribution in [3.8, 4) is 11.1 Å². The number of carbonyl (C=O) groups is 1. The molecule has 6 heteroatoms. The highest BCUT2D eigenvalue weighted by atomic mass is 16.5. The van der Waals surface area contributed by atoms with Crippen LogP contribution in [-0.4, -0.2) is 65.6 Å². The molecule has 36 heavy (non-hydrogen) atoms. The summed E-state index contributed by atoms with van der Waals surface area (Å²) in [4.78, 5) is 13.1. The maximum absolute atomic E-state index is 11.0. The van der Waals surface area contributed by atoms with Crippen molar-refractivity contribution < 1.29 is 24.5 Å². The van der Waals surface area contributed by atoms with E-state index in [4.69, 9.17) is 14.6 Å². The number of hydrogen-bond acceptors (Lipinski definition) is 5. The lowest BCUT2D eigenvalue weighted by atomic mass is 9.93. The lowest BCUT2D eigenvalue weighted by molar-refractivity contribution is -0.136. The van der Waals surface area contributed by atoms with Crippen LogP contribution < -0.4 is 0 Å². The maximum Gasteiger partial charge on any atom is 0.303 e. The topological polar surface area (TPSA) is 79.2 Å². The second-order valence-electron chi connectivity index (χ2n) is 10.00. The highest BCUT2D eigenvalue weighted by Gasteiger charge is 2.45. The number of ether oxygens (including phenoxy) is 2. The number of aryl methyl sites for hydroxylation is 1. The van der Waals surface area contributed by atoms with E-state index < -0.39 is 12.1 Å². The molecule has 1 heterocycles. The second-order valence-corrected chi connectivity index (χ2v) is 10.00. The fourth-order valence-corrected chi connectivity index (χ4v) is 5.47. The summed E-state index contributed by atoms with van der Waals surface area (Å²) in [5.41, 5.74) is 4.78. The minimum Gasteiger partial charge on any atom is -0.481 e. The highest BCUT2D eigenvalue weighted by molar-refractivity contribution is 5.66. The Kier molecular flexibility index (Phi) is 9.70. The van der Waals surface area contributed by atoms with Gasteiger partial charge in [-0.1, -0.05) is 66.2 Å². The van der Waals surface area contributed by atoms with E-state index in [0.29, 0.717) is 32.7 Å². The molecule has 0 aromatic heterocycles. The van der Waals surface area contributed by atoms with Gasteiger partial charge in [0.05, 0.1) is 32.0 Å². The van der Waals surface area contributed by atoms with Gasteiger partial charge in [-0.3, -0.25) is 9.69 Å². The summed E-state index contributed by atoms with van der Waals surface area (Å²) in [5, 5.41) is 19.8. The van der Waals surface area contributed by atoms with Gasteiger partial charge in [-0.05, 0) is 42.9 Å². The molecule has 2 aromatic rings. The summed E-state index contributed by atoms with van der Waals surface area (Å²) < 4.78 is 12.0. The molecule has 0 amide bonds. The summed E-state index contributed by atoms with van der Waals surface area (Å²) in [6.45, 7) is 5.68. The van der Waals surface area contributed by atoms with Crippen LogP contribution in [0, 0.1) is 12.8 Å². The Balaban J connectivity index is 1.38. The van der Waals surface area contributed by atoms with Crippen molar-refractivity contribution in [2.75, 3.05) is 26.3 Å². The Morgan fingerprint density at radius 3 is 2.33 bits per heavy atom. The van der Waals surface area contributed by atoms with Crippen molar-refractivity contribution in [2.45, 2.75) is 63.9 Å². The van der Waals surface area contributed by atoms with Gasteiger partial charge in [0.1, 0.15) is 0 Å². The van der Waals surface area contributed by atoms with Crippen LogP contribution in [-0.2, 0) is 20.9 Å². The third-order valence-corrected chi connectivity index (χ3v) is 7.41. The SMILES string of the molecule is Cc1ccc(-c2ccc(CO[C@H]3C[C@@H](O)[C@@H](N4CCOCC4)[C@H]3CC/C=C\CCC(=O)O)cc2)cc1. The Morgan fingerprint density at radius 2 is 1.67 bits per heavy atom. The normalized spacial score (nSPS) is 24.9. The van der Waals surface area contributed by atoms with Crippen LogP contribution in [0.2, 0.25) is 0 Å². The fraction of sp³-hybridized carbons (Fsp3) is 0.500. The zero-order chi connectivity index (χ0) is 25.3.